The average molecular weight is 456 g/mol. The van der Waals surface area contributed by atoms with Crippen molar-refractivity contribution in [3.05, 3.63) is 0 Å². The Hall–Kier alpha value is -0.560. The first-order valence-electron chi connectivity index (χ1n) is 10.9. The fourth-order valence-corrected chi connectivity index (χ4v) is 3.21. The summed E-state index contributed by atoms with van der Waals surface area (Å²) in [7, 11) is 0. The summed E-state index contributed by atoms with van der Waals surface area (Å²) in [4.78, 5) is 27.5. The van der Waals surface area contributed by atoms with Crippen LogP contribution in [0.1, 0.15) is 66.2 Å². The van der Waals surface area contributed by atoms with Gasteiger partial charge >= 0.3 is 0 Å². The molecule has 0 aromatic heterocycles. The zero-order valence-corrected chi connectivity index (χ0v) is 20.4. The molecular weight excluding hydrogens is 411 g/mol. The van der Waals surface area contributed by atoms with Gasteiger partial charge in [0.2, 0.25) is 11.8 Å². The van der Waals surface area contributed by atoms with Crippen LogP contribution in [0.2, 0.25) is 0 Å². The minimum atomic E-state index is -0.800. The number of amides is 2. The highest BCUT2D eigenvalue weighted by atomic mass is 35.5. The number of rotatable bonds is 13. The van der Waals surface area contributed by atoms with Crippen LogP contribution in [0.15, 0.2) is 0 Å². The first kappa shape index (κ1) is 30.6. The molecule has 0 spiro atoms. The Morgan fingerprint density at radius 2 is 1.28 bits per heavy atom. The van der Waals surface area contributed by atoms with Gasteiger partial charge in [-0.2, -0.15) is 0 Å². The largest absolute Gasteiger partial charge is 0.354 e. The average Bonchev–Trinajstić information content (AvgIpc) is 2.61. The van der Waals surface area contributed by atoms with Gasteiger partial charge in [0, 0.05) is 13.1 Å². The summed E-state index contributed by atoms with van der Waals surface area (Å²) < 4.78 is 0. The van der Waals surface area contributed by atoms with E-state index in [-0.39, 0.29) is 36.6 Å². The molecule has 0 bridgehead atoms. The van der Waals surface area contributed by atoms with E-state index in [1.807, 2.05) is 0 Å². The second-order valence-corrected chi connectivity index (χ2v) is 8.59. The fraction of sp³-hybridized carbons (Fsp3) is 0.905. The van der Waals surface area contributed by atoms with E-state index in [4.69, 9.17) is 0 Å². The van der Waals surface area contributed by atoms with E-state index in [0.29, 0.717) is 31.5 Å². The van der Waals surface area contributed by atoms with E-state index in [0.717, 1.165) is 25.8 Å². The van der Waals surface area contributed by atoms with Crippen LogP contribution >= 0.6 is 24.8 Å². The minimum absolute atomic E-state index is 0. The summed E-state index contributed by atoms with van der Waals surface area (Å²) in [6.45, 7) is 13.8. The van der Waals surface area contributed by atoms with Gasteiger partial charge in [-0.05, 0) is 70.1 Å². The third-order valence-electron chi connectivity index (χ3n) is 5.01. The van der Waals surface area contributed by atoms with E-state index in [2.05, 4.69) is 48.5 Å². The van der Waals surface area contributed by atoms with Crippen LogP contribution in [0.25, 0.3) is 0 Å². The number of carbonyl (C=O) groups is 2. The van der Waals surface area contributed by atoms with Gasteiger partial charge in [0.15, 0.2) is 6.04 Å². The van der Waals surface area contributed by atoms with Gasteiger partial charge < -0.3 is 15.5 Å². The Kier molecular flexibility index (Phi) is 19.3. The Balaban J connectivity index is 0. The third-order valence-corrected chi connectivity index (χ3v) is 5.01. The van der Waals surface area contributed by atoms with Gasteiger partial charge in [-0.1, -0.05) is 34.1 Å². The molecule has 3 N–H and O–H groups in total. The monoisotopic (exact) mass is 454 g/mol. The number of hydrogen-bond donors (Lipinski definition) is 3. The maximum absolute atomic E-state index is 12.5. The second kappa shape index (κ2) is 18.2. The molecule has 1 heterocycles. The molecule has 0 unspecified atom stereocenters. The highest BCUT2D eigenvalue weighted by Gasteiger charge is 2.25. The van der Waals surface area contributed by atoms with Gasteiger partial charge in [-0.3, -0.25) is 14.9 Å². The summed E-state index contributed by atoms with van der Waals surface area (Å²) in [6, 6.07) is -0.800. The Bertz CT molecular complexity index is 405. The SMILES string of the molecule is CC(C)CCNC(=O)C(NCCCN1CCCCC1)C(=O)NCCC(C)C.Cl.Cl. The van der Waals surface area contributed by atoms with Crippen molar-refractivity contribution in [1.82, 2.24) is 20.9 Å². The molecule has 1 fully saturated rings. The van der Waals surface area contributed by atoms with Crippen molar-refractivity contribution in [2.45, 2.75) is 72.3 Å². The van der Waals surface area contributed by atoms with Gasteiger partial charge in [0.25, 0.3) is 0 Å². The van der Waals surface area contributed by atoms with Crippen LogP contribution in [-0.4, -0.2) is 62.0 Å². The van der Waals surface area contributed by atoms with Crippen LogP contribution in [0.4, 0.5) is 0 Å². The van der Waals surface area contributed by atoms with Crippen LogP contribution < -0.4 is 16.0 Å². The molecule has 0 saturated carbocycles. The van der Waals surface area contributed by atoms with Crippen LogP contribution in [0.3, 0.4) is 0 Å². The predicted octanol–water partition coefficient (Wildman–Crippen LogP) is 2.99. The lowest BCUT2D eigenvalue weighted by molar-refractivity contribution is -0.132. The molecule has 0 aromatic carbocycles. The summed E-state index contributed by atoms with van der Waals surface area (Å²) in [6.07, 6.45) is 6.70. The van der Waals surface area contributed by atoms with Crippen molar-refractivity contribution >= 4 is 36.6 Å². The van der Waals surface area contributed by atoms with Gasteiger partial charge in [0.1, 0.15) is 0 Å². The lowest BCUT2D eigenvalue weighted by atomic mass is 10.1. The van der Waals surface area contributed by atoms with E-state index in [1.54, 1.807) is 0 Å². The number of hydrogen-bond acceptors (Lipinski definition) is 4. The van der Waals surface area contributed by atoms with Gasteiger partial charge in [-0.25, -0.2) is 0 Å². The Labute approximate surface area is 190 Å². The number of carbonyl (C=O) groups excluding carboxylic acids is 2. The molecule has 1 rings (SSSR count). The van der Waals surface area contributed by atoms with Crippen LogP contribution in [-0.2, 0) is 9.59 Å². The summed E-state index contributed by atoms with van der Waals surface area (Å²) in [5, 5.41) is 9.01. The highest BCUT2D eigenvalue weighted by molar-refractivity contribution is 6.04. The van der Waals surface area contributed by atoms with Crippen LogP contribution in [0, 0.1) is 11.8 Å². The Morgan fingerprint density at radius 3 is 1.72 bits per heavy atom. The fourth-order valence-electron chi connectivity index (χ4n) is 3.21. The molecule has 8 heteroatoms. The number of nitrogens with zero attached hydrogens (tertiary/aromatic N) is 1. The first-order valence-corrected chi connectivity index (χ1v) is 10.9. The molecule has 2 amide bonds. The number of nitrogens with one attached hydrogen (secondary N) is 3. The predicted molar refractivity (Wildman–Crippen MR) is 126 cm³/mol. The van der Waals surface area contributed by atoms with Crippen molar-refractivity contribution in [3.63, 3.8) is 0 Å². The Morgan fingerprint density at radius 1 is 0.793 bits per heavy atom. The van der Waals surface area contributed by atoms with E-state index >= 15 is 0 Å². The number of halogens is 2. The van der Waals surface area contributed by atoms with Gasteiger partial charge in [-0.15, -0.1) is 24.8 Å². The zero-order chi connectivity index (χ0) is 20.1. The van der Waals surface area contributed by atoms with E-state index in [9.17, 15) is 9.59 Å². The molecule has 1 aliphatic rings. The number of piperidine rings is 1. The minimum Gasteiger partial charge on any atom is -0.354 e. The third kappa shape index (κ3) is 15.0. The molecule has 29 heavy (non-hydrogen) atoms. The summed E-state index contributed by atoms with van der Waals surface area (Å²) in [5.41, 5.74) is 0. The molecular formula is C21H44Cl2N4O2. The quantitative estimate of drug-likeness (QED) is 0.295. The van der Waals surface area contributed by atoms with Gasteiger partial charge in [0.05, 0.1) is 0 Å². The summed E-state index contributed by atoms with van der Waals surface area (Å²) in [5.74, 6) is 0.633. The lowest BCUT2D eigenvalue weighted by Gasteiger charge is -2.26. The van der Waals surface area contributed by atoms with E-state index < -0.39 is 6.04 Å². The van der Waals surface area contributed by atoms with Crippen molar-refractivity contribution < 1.29 is 9.59 Å². The van der Waals surface area contributed by atoms with Crippen molar-refractivity contribution in [2.75, 3.05) is 39.3 Å². The first-order chi connectivity index (χ1) is 12.9. The molecule has 0 atom stereocenters. The van der Waals surface area contributed by atoms with E-state index in [1.165, 1.54) is 32.4 Å². The van der Waals surface area contributed by atoms with Crippen molar-refractivity contribution in [2.24, 2.45) is 11.8 Å². The molecule has 0 aliphatic carbocycles. The maximum Gasteiger partial charge on any atom is 0.246 e. The second-order valence-electron chi connectivity index (χ2n) is 8.59. The lowest BCUT2D eigenvalue weighted by Crippen LogP contribution is -2.54. The maximum atomic E-state index is 12.5. The topological polar surface area (TPSA) is 73.5 Å². The standard InChI is InChI=1S/C21H42N4O2.2ClH/c1-17(2)9-12-23-20(26)19(21(27)24-13-10-18(3)4)22-11-8-16-25-14-6-5-7-15-25;;/h17-19,22H,5-16H2,1-4H3,(H,23,26)(H,24,27);2*1H. The zero-order valence-electron chi connectivity index (χ0n) is 18.8. The normalized spacial score (nSPS) is 14.4. The van der Waals surface area contributed by atoms with Crippen molar-refractivity contribution in [3.8, 4) is 0 Å². The molecule has 0 radical (unpaired) electrons. The highest BCUT2D eigenvalue weighted by Crippen LogP contribution is 2.08. The molecule has 1 saturated heterocycles. The summed E-state index contributed by atoms with van der Waals surface area (Å²) >= 11 is 0. The smallest absolute Gasteiger partial charge is 0.246 e. The molecule has 174 valence electrons. The molecule has 6 nitrogen and oxygen atoms in total. The van der Waals surface area contributed by atoms with Crippen molar-refractivity contribution in [1.29, 1.82) is 0 Å². The molecule has 0 aromatic rings. The van der Waals surface area contributed by atoms with Crippen LogP contribution in [0.5, 0.6) is 0 Å². The number of likely N-dealkylation sites (tertiary alicyclic amines) is 1. The molecule has 1 aliphatic heterocycles.